The lowest BCUT2D eigenvalue weighted by Gasteiger charge is -2.39. The van der Waals surface area contributed by atoms with Crippen molar-refractivity contribution in [1.29, 1.82) is 0 Å². The molecule has 3 rings (SSSR count). The van der Waals surface area contributed by atoms with E-state index in [0.717, 1.165) is 23.6 Å². The standard InChI is InChI=1S/C21H27NO4/c1-16(26-19-8-7-17-5-3-4-6-18(17)13-19)20(24)22(2)14-21(15-23)9-11-25-12-10-21/h3-8,13,16,23H,9-12,14-15H2,1-2H3. The minimum absolute atomic E-state index is 0.0634. The fourth-order valence-electron chi connectivity index (χ4n) is 3.56. The Labute approximate surface area is 154 Å². The number of rotatable bonds is 6. The van der Waals surface area contributed by atoms with Gasteiger partial charge in [0.25, 0.3) is 5.91 Å². The Balaban J connectivity index is 1.64. The summed E-state index contributed by atoms with van der Waals surface area (Å²) in [5.74, 6) is 0.596. The van der Waals surface area contributed by atoms with Crippen LogP contribution < -0.4 is 4.74 Å². The van der Waals surface area contributed by atoms with Crippen LogP contribution in [0.4, 0.5) is 0 Å². The highest BCUT2D eigenvalue weighted by molar-refractivity contribution is 5.84. The second kappa shape index (κ2) is 8.06. The van der Waals surface area contributed by atoms with Crippen LogP contribution in [-0.2, 0) is 9.53 Å². The minimum Gasteiger partial charge on any atom is -0.481 e. The van der Waals surface area contributed by atoms with Crippen LogP contribution in [0.1, 0.15) is 19.8 Å². The third kappa shape index (κ3) is 4.17. The molecule has 1 saturated heterocycles. The first-order valence-electron chi connectivity index (χ1n) is 9.12. The molecule has 0 spiro atoms. The number of benzene rings is 2. The maximum absolute atomic E-state index is 12.7. The number of fused-ring (bicyclic) bond motifs is 1. The Morgan fingerprint density at radius 2 is 1.92 bits per heavy atom. The van der Waals surface area contributed by atoms with Gasteiger partial charge in [-0.1, -0.05) is 30.3 Å². The van der Waals surface area contributed by atoms with Gasteiger partial charge in [-0.25, -0.2) is 0 Å². The third-order valence-electron chi connectivity index (χ3n) is 5.22. The van der Waals surface area contributed by atoms with Crippen LogP contribution >= 0.6 is 0 Å². The molecule has 1 heterocycles. The van der Waals surface area contributed by atoms with Gasteiger partial charge in [-0.15, -0.1) is 0 Å². The highest BCUT2D eigenvalue weighted by Crippen LogP contribution is 2.31. The molecule has 1 aliphatic rings. The first-order chi connectivity index (χ1) is 12.5. The van der Waals surface area contributed by atoms with Gasteiger partial charge in [0.05, 0.1) is 6.61 Å². The predicted molar refractivity (Wildman–Crippen MR) is 101 cm³/mol. The molecule has 1 amide bonds. The molecule has 2 aromatic carbocycles. The SMILES string of the molecule is CC(Oc1ccc2ccccc2c1)C(=O)N(C)CC1(CO)CCOCC1. The van der Waals surface area contributed by atoms with E-state index in [1.165, 1.54) is 0 Å². The summed E-state index contributed by atoms with van der Waals surface area (Å²) in [7, 11) is 1.77. The smallest absolute Gasteiger partial charge is 0.263 e. The van der Waals surface area contributed by atoms with Gasteiger partial charge in [0.2, 0.25) is 0 Å². The number of hydrogen-bond acceptors (Lipinski definition) is 4. The van der Waals surface area contributed by atoms with Crippen molar-refractivity contribution in [1.82, 2.24) is 4.90 Å². The van der Waals surface area contributed by atoms with E-state index >= 15 is 0 Å². The summed E-state index contributed by atoms with van der Waals surface area (Å²) >= 11 is 0. The lowest BCUT2D eigenvalue weighted by atomic mass is 9.80. The summed E-state index contributed by atoms with van der Waals surface area (Å²) in [6.45, 7) is 3.60. The average molecular weight is 357 g/mol. The molecule has 0 aliphatic carbocycles. The molecule has 0 radical (unpaired) electrons. The number of ether oxygens (including phenoxy) is 2. The predicted octanol–water partition coefficient (Wildman–Crippen LogP) is 2.85. The zero-order chi connectivity index (χ0) is 18.6. The van der Waals surface area contributed by atoms with Gasteiger partial charge in [0, 0.05) is 32.2 Å². The number of amides is 1. The number of hydrogen-bond donors (Lipinski definition) is 1. The quantitative estimate of drug-likeness (QED) is 0.864. The molecule has 2 aromatic rings. The fraction of sp³-hybridized carbons (Fsp3) is 0.476. The van der Waals surface area contributed by atoms with Crippen molar-refractivity contribution >= 4 is 16.7 Å². The first-order valence-corrected chi connectivity index (χ1v) is 9.12. The van der Waals surface area contributed by atoms with Gasteiger partial charge in [-0.3, -0.25) is 4.79 Å². The zero-order valence-corrected chi connectivity index (χ0v) is 15.5. The van der Waals surface area contributed by atoms with Gasteiger partial charge >= 0.3 is 0 Å². The average Bonchev–Trinajstić information content (AvgIpc) is 2.68. The highest BCUT2D eigenvalue weighted by Gasteiger charge is 2.35. The van der Waals surface area contributed by atoms with Crippen molar-refractivity contribution in [3.63, 3.8) is 0 Å². The minimum atomic E-state index is -0.586. The number of likely N-dealkylation sites (N-methyl/N-ethyl adjacent to an activating group) is 1. The number of carbonyl (C=O) groups is 1. The van der Waals surface area contributed by atoms with E-state index in [2.05, 4.69) is 0 Å². The molecule has 0 bridgehead atoms. The summed E-state index contributed by atoms with van der Waals surface area (Å²) in [6.07, 6.45) is 0.943. The van der Waals surface area contributed by atoms with Crippen molar-refractivity contribution in [2.24, 2.45) is 5.41 Å². The first kappa shape index (κ1) is 18.7. The fourth-order valence-corrected chi connectivity index (χ4v) is 3.56. The molecule has 1 fully saturated rings. The Bertz CT molecular complexity index is 755. The molecule has 140 valence electrons. The number of aliphatic hydroxyl groups is 1. The lowest BCUT2D eigenvalue weighted by molar-refractivity contribution is -0.140. The summed E-state index contributed by atoms with van der Waals surface area (Å²) in [5.41, 5.74) is -0.272. The Morgan fingerprint density at radius 1 is 1.23 bits per heavy atom. The largest absolute Gasteiger partial charge is 0.481 e. The molecule has 26 heavy (non-hydrogen) atoms. The monoisotopic (exact) mass is 357 g/mol. The molecule has 1 atom stereocenters. The van der Waals surface area contributed by atoms with E-state index in [1.807, 2.05) is 42.5 Å². The topological polar surface area (TPSA) is 59.0 Å². The van der Waals surface area contributed by atoms with Gasteiger partial charge in [0.1, 0.15) is 5.75 Å². The third-order valence-corrected chi connectivity index (χ3v) is 5.22. The number of carbonyl (C=O) groups excluding carboxylic acids is 1. The van der Waals surface area contributed by atoms with Gasteiger partial charge < -0.3 is 19.5 Å². The number of aliphatic hydroxyl groups excluding tert-OH is 1. The normalized spacial score (nSPS) is 17.7. The molecule has 1 N–H and O–H groups in total. The van der Waals surface area contributed by atoms with E-state index < -0.39 is 6.10 Å². The second-order valence-electron chi connectivity index (χ2n) is 7.23. The van der Waals surface area contributed by atoms with Crippen LogP contribution in [-0.4, -0.2) is 55.4 Å². The molecule has 1 unspecified atom stereocenters. The maximum Gasteiger partial charge on any atom is 0.263 e. The second-order valence-corrected chi connectivity index (χ2v) is 7.23. The van der Waals surface area contributed by atoms with E-state index in [9.17, 15) is 9.90 Å². The van der Waals surface area contributed by atoms with Crippen LogP contribution in [0.25, 0.3) is 10.8 Å². The Kier molecular flexibility index (Phi) is 5.79. The lowest BCUT2D eigenvalue weighted by Crippen LogP contribution is -2.47. The molecule has 5 nitrogen and oxygen atoms in total. The van der Waals surface area contributed by atoms with Crippen LogP contribution in [0.2, 0.25) is 0 Å². The van der Waals surface area contributed by atoms with Crippen molar-refractivity contribution in [3.8, 4) is 5.75 Å². The maximum atomic E-state index is 12.7. The Hall–Kier alpha value is -2.11. The van der Waals surface area contributed by atoms with Crippen molar-refractivity contribution in [2.45, 2.75) is 25.9 Å². The van der Waals surface area contributed by atoms with Crippen LogP contribution in [0.3, 0.4) is 0 Å². The molecule has 5 heteroatoms. The Morgan fingerprint density at radius 3 is 2.62 bits per heavy atom. The molecular weight excluding hydrogens is 330 g/mol. The molecule has 0 aromatic heterocycles. The summed E-state index contributed by atoms with van der Waals surface area (Å²) in [4.78, 5) is 14.4. The number of nitrogens with zero attached hydrogens (tertiary/aromatic N) is 1. The zero-order valence-electron chi connectivity index (χ0n) is 15.5. The summed E-state index contributed by atoms with van der Waals surface area (Å²) < 4.78 is 11.3. The van der Waals surface area contributed by atoms with E-state index in [-0.39, 0.29) is 17.9 Å². The van der Waals surface area contributed by atoms with Gasteiger partial charge in [-0.2, -0.15) is 0 Å². The van der Waals surface area contributed by atoms with Crippen LogP contribution in [0.5, 0.6) is 5.75 Å². The molecule has 1 aliphatic heterocycles. The van der Waals surface area contributed by atoms with Crippen molar-refractivity contribution < 1.29 is 19.4 Å². The van der Waals surface area contributed by atoms with Crippen LogP contribution in [0.15, 0.2) is 42.5 Å². The van der Waals surface area contributed by atoms with Gasteiger partial charge in [0.15, 0.2) is 6.10 Å². The molecule has 0 saturated carbocycles. The van der Waals surface area contributed by atoms with E-state index in [0.29, 0.717) is 25.5 Å². The summed E-state index contributed by atoms with van der Waals surface area (Å²) in [5, 5.41) is 12.0. The van der Waals surface area contributed by atoms with Crippen LogP contribution in [0, 0.1) is 5.41 Å². The van der Waals surface area contributed by atoms with Crippen molar-refractivity contribution in [2.75, 3.05) is 33.4 Å². The van der Waals surface area contributed by atoms with Gasteiger partial charge in [-0.05, 0) is 42.7 Å². The molecular formula is C21H27NO4. The van der Waals surface area contributed by atoms with E-state index in [4.69, 9.17) is 9.47 Å². The summed E-state index contributed by atoms with van der Waals surface area (Å²) in [6, 6.07) is 13.9. The van der Waals surface area contributed by atoms with Crippen molar-refractivity contribution in [3.05, 3.63) is 42.5 Å². The highest BCUT2D eigenvalue weighted by atomic mass is 16.5. The van der Waals surface area contributed by atoms with E-state index in [1.54, 1.807) is 18.9 Å².